The molecule has 0 aliphatic carbocycles. The molecule has 0 amide bonds. The van der Waals surface area contributed by atoms with Gasteiger partial charge >= 0.3 is 0 Å². The van der Waals surface area contributed by atoms with E-state index in [9.17, 15) is 8.42 Å². The number of halogens is 2. The Morgan fingerprint density at radius 3 is 2.41 bits per heavy atom. The predicted molar refractivity (Wildman–Crippen MR) is 89.0 cm³/mol. The Balaban J connectivity index is 1.79. The van der Waals surface area contributed by atoms with E-state index in [1.165, 1.54) is 0 Å². The van der Waals surface area contributed by atoms with E-state index in [2.05, 4.69) is 4.72 Å². The van der Waals surface area contributed by atoms with Crippen molar-refractivity contribution >= 4 is 33.2 Å². The van der Waals surface area contributed by atoms with Crippen molar-refractivity contribution in [2.75, 3.05) is 13.2 Å². The van der Waals surface area contributed by atoms with Gasteiger partial charge < -0.3 is 4.74 Å². The second-order valence-electron chi connectivity index (χ2n) is 4.59. The summed E-state index contributed by atoms with van der Waals surface area (Å²) in [4.78, 5) is 0. The molecule has 7 heteroatoms. The molecule has 2 rings (SSSR count). The van der Waals surface area contributed by atoms with Gasteiger partial charge in [-0.25, -0.2) is 13.1 Å². The van der Waals surface area contributed by atoms with E-state index < -0.39 is 10.0 Å². The maximum atomic E-state index is 11.9. The molecular formula is C15H15Cl2NO3S. The molecule has 0 saturated carbocycles. The largest absolute Gasteiger partial charge is 0.492 e. The van der Waals surface area contributed by atoms with Crippen LogP contribution < -0.4 is 9.46 Å². The predicted octanol–water partition coefficient (Wildman–Crippen LogP) is 3.49. The highest BCUT2D eigenvalue weighted by Gasteiger charge is 2.11. The first-order valence-electron chi connectivity index (χ1n) is 6.55. The summed E-state index contributed by atoms with van der Waals surface area (Å²) in [5, 5.41) is 1.13. The molecule has 1 N–H and O–H groups in total. The molecule has 2 aromatic carbocycles. The lowest BCUT2D eigenvalue weighted by Gasteiger charge is -2.09. The third-order valence-electron chi connectivity index (χ3n) is 2.75. The van der Waals surface area contributed by atoms with Crippen LogP contribution in [0.3, 0.4) is 0 Å². The molecule has 0 aliphatic rings. The van der Waals surface area contributed by atoms with E-state index in [1.54, 1.807) is 48.5 Å². The summed E-state index contributed by atoms with van der Waals surface area (Å²) >= 11 is 11.6. The minimum Gasteiger partial charge on any atom is -0.492 e. The SMILES string of the molecule is O=S(=O)(Cc1cccc(Cl)c1)NCCOc1ccc(Cl)cc1. The van der Waals surface area contributed by atoms with E-state index in [4.69, 9.17) is 27.9 Å². The molecule has 22 heavy (non-hydrogen) atoms. The quantitative estimate of drug-likeness (QED) is 0.769. The molecule has 118 valence electrons. The van der Waals surface area contributed by atoms with Crippen molar-refractivity contribution in [3.63, 3.8) is 0 Å². The molecule has 0 spiro atoms. The first-order valence-corrected chi connectivity index (χ1v) is 8.95. The Hall–Kier alpha value is -1.27. The zero-order chi connectivity index (χ0) is 16.0. The van der Waals surface area contributed by atoms with Gasteiger partial charge in [-0.2, -0.15) is 0 Å². The van der Waals surface area contributed by atoms with E-state index in [0.29, 0.717) is 21.4 Å². The summed E-state index contributed by atoms with van der Waals surface area (Å²) in [5.74, 6) is 0.521. The Labute approximate surface area is 140 Å². The first-order chi connectivity index (χ1) is 10.4. The molecule has 0 unspecified atom stereocenters. The van der Waals surface area contributed by atoms with Crippen molar-refractivity contribution in [3.05, 3.63) is 64.1 Å². The molecule has 0 aromatic heterocycles. The zero-order valence-electron chi connectivity index (χ0n) is 11.6. The Morgan fingerprint density at radius 1 is 1.00 bits per heavy atom. The number of hydrogen-bond donors (Lipinski definition) is 1. The monoisotopic (exact) mass is 359 g/mol. The minimum absolute atomic E-state index is 0.117. The molecule has 4 nitrogen and oxygen atoms in total. The second kappa shape index (κ2) is 7.83. The molecule has 0 aliphatic heterocycles. The highest BCUT2D eigenvalue weighted by atomic mass is 35.5. The Kier molecular flexibility index (Phi) is 6.08. The topological polar surface area (TPSA) is 55.4 Å². The van der Waals surface area contributed by atoms with Gasteiger partial charge in [0.25, 0.3) is 0 Å². The summed E-state index contributed by atoms with van der Waals surface area (Å²) in [6.07, 6.45) is 0. The van der Waals surface area contributed by atoms with Crippen LogP contribution in [0.4, 0.5) is 0 Å². The molecule has 2 aromatic rings. The van der Waals surface area contributed by atoms with Crippen molar-refractivity contribution in [1.82, 2.24) is 4.72 Å². The summed E-state index contributed by atoms with van der Waals surface area (Å²) in [6, 6.07) is 13.6. The van der Waals surface area contributed by atoms with E-state index in [-0.39, 0.29) is 18.9 Å². The highest BCUT2D eigenvalue weighted by Crippen LogP contribution is 2.15. The third-order valence-corrected chi connectivity index (χ3v) is 4.60. The molecular weight excluding hydrogens is 345 g/mol. The van der Waals surface area contributed by atoms with Crippen molar-refractivity contribution in [2.24, 2.45) is 0 Å². The average Bonchev–Trinajstić information content (AvgIpc) is 2.45. The van der Waals surface area contributed by atoms with Gasteiger partial charge in [0.2, 0.25) is 10.0 Å². The molecule has 0 fully saturated rings. The smallest absolute Gasteiger partial charge is 0.215 e. The van der Waals surface area contributed by atoms with Crippen LogP contribution in [0, 0.1) is 0 Å². The van der Waals surface area contributed by atoms with Gasteiger partial charge in [-0.05, 0) is 42.0 Å². The van der Waals surface area contributed by atoms with Gasteiger partial charge in [-0.15, -0.1) is 0 Å². The van der Waals surface area contributed by atoms with Crippen LogP contribution in [-0.2, 0) is 15.8 Å². The number of nitrogens with one attached hydrogen (secondary N) is 1. The van der Waals surface area contributed by atoms with Crippen molar-refractivity contribution in [1.29, 1.82) is 0 Å². The summed E-state index contributed by atoms with van der Waals surface area (Å²) in [5.41, 5.74) is 0.638. The minimum atomic E-state index is -3.42. The van der Waals surface area contributed by atoms with Crippen molar-refractivity contribution in [3.8, 4) is 5.75 Å². The fraction of sp³-hybridized carbons (Fsp3) is 0.200. The van der Waals surface area contributed by atoms with Crippen LogP contribution >= 0.6 is 23.2 Å². The number of hydrogen-bond acceptors (Lipinski definition) is 3. The third kappa shape index (κ3) is 5.85. The molecule has 0 radical (unpaired) electrons. The first kappa shape index (κ1) is 17.1. The second-order valence-corrected chi connectivity index (χ2v) is 7.27. The van der Waals surface area contributed by atoms with Crippen LogP contribution in [0.2, 0.25) is 10.0 Å². The van der Waals surface area contributed by atoms with Crippen LogP contribution in [0.15, 0.2) is 48.5 Å². The van der Waals surface area contributed by atoms with Crippen LogP contribution in [0.1, 0.15) is 5.56 Å². The maximum Gasteiger partial charge on any atom is 0.215 e. The Bertz CT molecular complexity index is 718. The highest BCUT2D eigenvalue weighted by molar-refractivity contribution is 7.88. The van der Waals surface area contributed by atoms with Gasteiger partial charge in [0, 0.05) is 16.6 Å². The van der Waals surface area contributed by atoms with Gasteiger partial charge in [0.05, 0.1) is 5.75 Å². The number of benzene rings is 2. The normalized spacial score (nSPS) is 11.4. The van der Waals surface area contributed by atoms with Gasteiger partial charge in [0.15, 0.2) is 0 Å². The Morgan fingerprint density at radius 2 is 1.73 bits per heavy atom. The molecule has 0 saturated heterocycles. The van der Waals surface area contributed by atoms with Gasteiger partial charge in [-0.1, -0.05) is 35.3 Å². The summed E-state index contributed by atoms with van der Waals surface area (Å²) in [7, 11) is -3.42. The lowest BCUT2D eigenvalue weighted by Crippen LogP contribution is -2.29. The van der Waals surface area contributed by atoms with Gasteiger partial charge in [-0.3, -0.25) is 0 Å². The number of ether oxygens (including phenoxy) is 1. The fourth-order valence-electron chi connectivity index (χ4n) is 1.79. The van der Waals surface area contributed by atoms with Crippen molar-refractivity contribution < 1.29 is 13.2 Å². The summed E-state index contributed by atoms with van der Waals surface area (Å²) < 4.78 is 31.8. The standard InChI is InChI=1S/C15H15Cl2NO3S/c16-13-4-6-15(7-5-13)21-9-8-18-22(19,20)11-12-2-1-3-14(17)10-12/h1-7,10,18H,8-9,11H2. The van der Waals surface area contributed by atoms with Crippen LogP contribution in [0.25, 0.3) is 0 Å². The van der Waals surface area contributed by atoms with Gasteiger partial charge in [0.1, 0.15) is 12.4 Å². The fourth-order valence-corrected chi connectivity index (χ4v) is 3.25. The maximum absolute atomic E-state index is 11.9. The number of sulfonamides is 1. The molecule has 0 atom stereocenters. The van der Waals surface area contributed by atoms with Crippen LogP contribution in [0.5, 0.6) is 5.75 Å². The lowest BCUT2D eigenvalue weighted by molar-refractivity contribution is 0.323. The molecule has 0 heterocycles. The average molecular weight is 360 g/mol. The lowest BCUT2D eigenvalue weighted by atomic mass is 10.2. The van der Waals surface area contributed by atoms with E-state index in [1.807, 2.05) is 0 Å². The van der Waals surface area contributed by atoms with Crippen LogP contribution in [-0.4, -0.2) is 21.6 Å². The van der Waals surface area contributed by atoms with Crippen molar-refractivity contribution in [2.45, 2.75) is 5.75 Å². The summed E-state index contributed by atoms with van der Waals surface area (Å²) in [6.45, 7) is 0.419. The van der Waals surface area contributed by atoms with E-state index in [0.717, 1.165) is 0 Å². The molecule has 0 bridgehead atoms. The zero-order valence-corrected chi connectivity index (χ0v) is 14.0. The van der Waals surface area contributed by atoms with E-state index >= 15 is 0 Å². The number of rotatable bonds is 7.